The van der Waals surface area contributed by atoms with E-state index in [0.29, 0.717) is 17.2 Å². The van der Waals surface area contributed by atoms with Crippen LogP contribution in [-0.4, -0.2) is 19.3 Å². The number of aromatic nitrogens is 1. The van der Waals surface area contributed by atoms with E-state index in [1.165, 1.54) is 11.3 Å². The summed E-state index contributed by atoms with van der Waals surface area (Å²) in [6, 6.07) is 12.5. The van der Waals surface area contributed by atoms with Crippen molar-refractivity contribution in [2.45, 2.75) is 26.0 Å². The van der Waals surface area contributed by atoms with Crippen LogP contribution in [0.5, 0.6) is 0 Å². The number of rotatable bonds is 6. The molecule has 0 saturated heterocycles. The Balaban J connectivity index is 1.85. The molecule has 1 aromatic heterocycles. The highest BCUT2D eigenvalue weighted by Gasteiger charge is 2.15. The van der Waals surface area contributed by atoms with E-state index in [1.54, 1.807) is 31.2 Å². The summed E-state index contributed by atoms with van der Waals surface area (Å²) in [6.07, 6.45) is 0.374. The van der Waals surface area contributed by atoms with E-state index in [4.69, 9.17) is 0 Å². The zero-order valence-corrected chi connectivity index (χ0v) is 16.1. The number of hydrogen-bond acceptors (Lipinski definition) is 5. The van der Waals surface area contributed by atoms with Crippen LogP contribution in [0.3, 0.4) is 0 Å². The Morgan fingerprint density at radius 2 is 1.92 bits per heavy atom. The molecule has 0 bridgehead atoms. The lowest BCUT2D eigenvalue weighted by Gasteiger charge is -2.09. The van der Waals surface area contributed by atoms with E-state index in [2.05, 4.69) is 15.0 Å². The monoisotopic (exact) mass is 389 g/mol. The summed E-state index contributed by atoms with van der Waals surface area (Å²) >= 11 is 1.32. The van der Waals surface area contributed by atoms with E-state index >= 15 is 0 Å². The normalized spacial score (nSPS) is 11.5. The number of hydrogen-bond donors (Lipinski definition) is 2. The third-order valence-corrected chi connectivity index (χ3v) is 5.90. The number of anilines is 2. The smallest absolute Gasteiger partial charge is 0.236 e. The number of fused-ring (bicyclic) bond motifs is 1. The molecule has 0 atom stereocenters. The molecule has 0 fully saturated rings. The molecule has 0 aliphatic rings. The van der Waals surface area contributed by atoms with E-state index in [1.807, 2.05) is 25.1 Å². The molecule has 0 aliphatic heterocycles. The van der Waals surface area contributed by atoms with Crippen molar-refractivity contribution in [2.75, 3.05) is 10.0 Å². The fourth-order valence-corrected chi connectivity index (χ4v) is 4.71. The largest absolute Gasteiger partial charge is 0.302 e. The van der Waals surface area contributed by atoms with E-state index in [9.17, 15) is 13.2 Å². The Kier molecular flexibility index (Phi) is 5.24. The lowest BCUT2D eigenvalue weighted by atomic mass is 10.2. The van der Waals surface area contributed by atoms with Crippen LogP contribution < -0.4 is 10.0 Å². The van der Waals surface area contributed by atoms with Gasteiger partial charge in [0, 0.05) is 6.42 Å². The highest BCUT2D eigenvalue weighted by Crippen LogP contribution is 2.31. The predicted octanol–water partition coefficient (Wildman–Crippen LogP) is 3.90. The number of nitrogens with one attached hydrogen (secondary N) is 2. The zero-order chi connectivity index (χ0) is 18.7. The van der Waals surface area contributed by atoms with Crippen molar-refractivity contribution in [1.82, 2.24) is 4.98 Å². The van der Waals surface area contributed by atoms with Crippen molar-refractivity contribution >= 4 is 48.3 Å². The van der Waals surface area contributed by atoms with Gasteiger partial charge in [-0.1, -0.05) is 48.6 Å². The van der Waals surface area contributed by atoms with E-state index < -0.39 is 10.0 Å². The van der Waals surface area contributed by atoms with Crippen LogP contribution in [0, 0.1) is 6.92 Å². The molecular formula is C18H19N3O3S2. The Morgan fingerprint density at radius 1 is 1.19 bits per heavy atom. The first kappa shape index (κ1) is 18.3. The van der Waals surface area contributed by atoms with Gasteiger partial charge in [0.2, 0.25) is 15.9 Å². The van der Waals surface area contributed by atoms with E-state index in [0.717, 1.165) is 21.3 Å². The molecule has 1 amide bonds. The molecule has 0 radical (unpaired) electrons. The minimum absolute atomic E-state index is 0.0918. The molecule has 0 spiro atoms. The van der Waals surface area contributed by atoms with Gasteiger partial charge in [-0.3, -0.25) is 9.52 Å². The molecule has 136 valence electrons. The van der Waals surface area contributed by atoms with E-state index in [-0.39, 0.29) is 11.7 Å². The molecule has 26 heavy (non-hydrogen) atoms. The van der Waals surface area contributed by atoms with Crippen LogP contribution in [0.25, 0.3) is 10.2 Å². The highest BCUT2D eigenvalue weighted by molar-refractivity contribution is 7.91. The molecule has 2 N–H and O–H groups in total. The highest BCUT2D eigenvalue weighted by atomic mass is 32.2. The topological polar surface area (TPSA) is 88.2 Å². The van der Waals surface area contributed by atoms with Gasteiger partial charge in [0.05, 0.1) is 21.7 Å². The average Bonchev–Trinajstić information content (AvgIpc) is 2.97. The Morgan fingerprint density at radius 3 is 2.62 bits per heavy atom. The third-order valence-electron chi connectivity index (χ3n) is 3.73. The van der Waals surface area contributed by atoms with Crippen LogP contribution in [0.4, 0.5) is 10.8 Å². The van der Waals surface area contributed by atoms with Crippen LogP contribution in [0.1, 0.15) is 24.5 Å². The van der Waals surface area contributed by atoms with Crippen LogP contribution >= 0.6 is 11.3 Å². The Labute approximate surface area is 156 Å². The fraction of sp³-hybridized carbons (Fsp3) is 0.222. The lowest BCUT2D eigenvalue weighted by Crippen LogP contribution is -2.15. The number of carbonyl (C=O) groups is 1. The van der Waals surface area contributed by atoms with Crippen molar-refractivity contribution in [2.24, 2.45) is 0 Å². The maximum absolute atomic E-state index is 12.4. The molecule has 1 heterocycles. The summed E-state index contributed by atoms with van der Waals surface area (Å²) < 4.78 is 28.3. The molecule has 0 unspecified atom stereocenters. The summed E-state index contributed by atoms with van der Waals surface area (Å²) in [4.78, 5) is 15.9. The van der Waals surface area contributed by atoms with Gasteiger partial charge in [-0.05, 0) is 30.2 Å². The second-order valence-electron chi connectivity index (χ2n) is 5.91. The van der Waals surface area contributed by atoms with Crippen LogP contribution in [0.2, 0.25) is 0 Å². The summed E-state index contributed by atoms with van der Waals surface area (Å²) in [5.41, 5.74) is 2.81. The molecular weight excluding hydrogens is 370 g/mol. The maximum atomic E-state index is 12.4. The predicted molar refractivity (Wildman–Crippen MR) is 106 cm³/mol. The standard InChI is InChI=1S/C18H19N3O3S2/c1-3-16(22)19-18-20-17-12(2)9-14(10-15(17)25-18)21-26(23,24)11-13-7-5-4-6-8-13/h4-10,21H,3,11H2,1-2H3,(H,19,20,22). The third kappa shape index (κ3) is 4.39. The molecule has 0 aliphatic carbocycles. The summed E-state index contributed by atoms with van der Waals surface area (Å²) in [5, 5.41) is 3.25. The lowest BCUT2D eigenvalue weighted by molar-refractivity contribution is -0.115. The first-order chi connectivity index (χ1) is 12.4. The number of carbonyl (C=O) groups excluding carboxylic acids is 1. The second kappa shape index (κ2) is 7.43. The number of thiazole rings is 1. The second-order valence-corrected chi connectivity index (χ2v) is 8.66. The van der Waals surface area contributed by atoms with Crippen molar-refractivity contribution in [3.05, 3.63) is 53.6 Å². The quantitative estimate of drug-likeness (QED) is 0.669. The number of amides is 1. The average molecular weight is 390 g/mol. The first-order valence-corrected chi connectivity index (χ1v) is 10.6. The number of nitrogens with zero attached hydrogens (tertiary/aromatic N) is 1. The van der Waals surface area contributed by atoms with Gasteiger partial charge >= 0.3 is 0 Å². The van der Waals surface area contributed by atoms with Gasteiger partial charge in [0.1, 0.15) is 0 Å². The molecule has 6 nitrogen and oxygen atoms in total. The molecule has 2 aromatic carbocycles. The molecule has 3 aromatic rings. The summed E-state index contributed by atoms with van der Waals surface area (Å²) in [7, 11) is -3.52. The molecule has 3 rings (SSSR count). The minimum Gasteiger partial charge on any atom is -0.302 e. The van der Waals surface area contributed by atoms with Crippen LogP contribution in [-0.2, 0) is 20.6 Å². The number of benzene rings is 2. The van der Waals surface area contributed by atoms with Gasteiger partial charge in [-0.2, -0.15) is 0 Å². The molecule has 0 saturated carbocycles. The van der Waals surface area contributed by atoms with Gasteiger partial charge in [-0.25, -0.2) is 13.4 Å². The summed E-state index contributed by atoms with van der Waals surface area (Å²) in [6.45, 7) is 3.63. The van der Waals surface area contributed by atoms with Gasteiger partial charge < -0.3 is 5.32 Å². The first-order valence-electron chi connectivity index (χ1n) is 8.12. The Bertz CT molecular complexity index is 1040. The number of aryl methyl sites for hydroxylation is 1. The van der Waals surface area contributed by atoms with Gasteiger partial charge in [-0.15, -0.1) is 0 Å². The van der Waals surface area contributed by atoms with Gasteiger partial charge in [0.15, 0.2) is 5.13 Å². The molecule has 8 heteroatoms. The van der Waals surface area contributed by atoms with Gasteiger partial charge in [0.25, 0.3) is 0 Å². The zero-order valence-electron chi connectivity index (χ0n) is 14.4. The number of sulfonamides is 1. The van der Waals surface area contributed by atoms with Crippen molar-refractivity contribution < 1.29 is 13.2 Å². The van der Waals surface area contributed by atoms with Crippen molar-refractivity contribution in [1.29, 1.82) is 0 Å². The SMILES string of the molecule is CCC(=O)Nc1nc2c(C)cc(NS(=O)(=O)Cc3ccccc3)cc2s1. The maximum Gasteiger partial charge on any atom is 0.236 e. The fourth-order valence-electron chi connectivity index (χ4n) is 2.53. The Hall–Kier alpha value is -2.45. The van der Waals surface area contributed by atoms with Crippen molar-refractivity contribution in [3.63, 3.8) is 0 Å². The van der Waals surface area contributed by atoms with Crippen LogP contribution in [0.15, 0.2) is 42.5 Å². The minimum atomic E-state index is -3.52. The summed E-state index contributed by atoms with van der Waals surface area (Å²) in [5.74, 6) is -0.198. The van der Waals surface area contributed by atoms with Crippen molar-refractivity contribution in [3.8, 4) is 0 Å².